The Bertz CT molecular complexity index is 462. The first-order valence-electron chi connectivity index (χ1n) is 6.08. The lowest BCUT2D eigenvalue weighted by molar-refractivity contribution is -0.141. The van der Waals surface area contributed by atoms with Crippen LogP contribution >= 0.6 is 0 Å². The first kappa shape index (κ1) is 14.9. The van der Waals surface area contributed by atoms with Crippen LogP contribution in [0.25, 0.3) is 0 Å². The number of aryl methyl sites for hydroxylation is 1. The second-order valence-corrected chi connectivity index (χ2v) is 4.54. The van der Waals surface area contributed by atoms with Gasteiger partial charge in [0.05, 0.1) is 5.92 Å². The molecule has 0 aliphatic rings. The highest BCUT2D eigenvalue weighted by atomic mass is 16.4. The number of urea groups is 1. The number of carboxylic acid groups (broad SMARTS) is 1. The Hall–Kier alpha value is -2.11. The summed E-state index contributed by atoms with van der Waals surface area (Å²) in [5, 5.41) is 14.1. The normalized spacial score (nSPS) is 13.4. The van der Waals surface area contributed by atoms with Crippen molar-refractivity contribution >= 4 is 12.0 Å². The summed E-state index contributed by atoms with van der Waals surface area (Å²) in [4.78, 5) is 26.4. The van der Waals surface area contributed by atoms with Crippen molar-refractivity contribution < 1.29 is 14.7 Å². The first-order chi connectivity index (χ1) is 8.91. The second-order valence-electron chi connectivity index (χ2n) is 4.54. The molecule has 0 aliphatic carbocycles. The molecular weight excluding hydrogens is 246 g/mol. The van der Waals surface area contributed by atoms with E-state index in [0.717, 1.165) is 11.1 Å². The summed E-state index contributed by atoms with van der Waals surface area (Å²) in [5.41, 5.74) is 1.97. The summed E-state index contributed by atoms with van der Waals surface area (Å²) in [7, 11) is 0. The molecule has 6 nitrogen and oxygen atoms in total. The molecular formula is C13H19N3O3. The Balaban J connectivity index is 2.44. The number of carboxylic acids is 1. The van der Waals surface area contributed by atoms with E-state index in [9.17, 15) is 9.59 Å². The molecule has 1 rings (SSSR count). The molecule has 19 heavy (non-hydrogen) atoms. The van der Waals surface area contributed by atoms with Gasteiger partial charge in [0.2, 0.25) is 0 Å². The molecule has 104 valence electrons. The van der Waals surface area contributed by atoms with Gasteiger partial charge in [-0.2, -0.15) is 0 Å². The van der Waals surface area contributed by atoms with E-state index in [1.54, 1.807) is 26.2 Å². The summed E-state index contributed by atoms with van der Waals surface area (Å²) in [5.74, 6) is -1.56. The van der Waals surface area contributed by atoms with Crippen molar-refractivity contribution in [2.75, 3.05) is 0 Å². The minimum atomic E-state index is -0.933. The average Bonchev–Trinajstić information content (AvgIpc) is 2.36. The van der Waals surface area contributed by atoms with Gasteiger partial charge in [0.15, 0.2) is 0 Å². The van der Waals surface area contributed by atoms with Gasteiger partial charge in [-0.25, -0.2) is 4.79 Å². The number of aliphatic carboxylic acids is 1. The van der Waals surface area contributed by atoms with Crippen LogP contribution in [0.4, 0.5) is 4.79 Å². The lowest BCUT2D eigenvalue weighted by Crippen LogP contribution is -2.45. The van der Waals surface area contributed by atoms with E-state index < -0.39 is 17.9 Å². The summed E-state index contributed by atoms with van der Waals surface area (Å²) < 4.78 is 0. The van der Waals surface area contributed by atoms with Gasteiger partial charge in [-0.05, 0) is 38.0 Å². The van der Waals surface area contributed by atoms with Crippen LogP contribution in [0.5, 0.6) is 0 Å². The SMILES string of the molecule is Cc1cnccc1CNC(=O)NC(C)C(C)C(=O)O. The third kappa shape index (κ3) is 4.57. The van der Waals surface area contributed by atoms with E-state index in [0.29, 0.717) is 6.54 Å². The Labute approximate surface area is 112 Å². The number of aromatic nitrogens is 1. The smallest absolute Gasteiger partial charge is 0.315 e. The Morgan fingerprint density at radius 2 is 2.11 bits per heavy atom. The molecule has 1 heterocycles. The van der Waals surface area contributed by atoms with Crippen molar-refractivity contribution in [3.63, 3.8) is 0 Å². The highest BCUT2D eigenvalue weighted by Crippen LogP contribution is 2.05. The van der Waals surface area contributed by atoms with Crippen LogP contribution < -0.4 is 10.6 Å². The maximum atomic E-state index is 11.6. The van der Waals surface area contributed by atoms with E-state index >= 15 is 0 Å². The molecule has 3 N–H and O–H groups in total. The van der Waals surface area contributed by atoms with E-state index in [-0.39, 0.29) is 6.03 Å². The molecule has 0 saturated carbocycles. The van der Waals surface area contributed by atoms with Gasteiger partial charge in [-0.1, -0.05) is 0 Å². The molecule has 0 saturated heterocycles. The zero-order valence-corrected chi connectivity index (χ0v) is 11.3. The fourth-order valence-electron chi connectivity index (χ4n) is 1.47. The quantitative estimate of drug-likeness (QED) is 0.748. The van der Waals surface area contributed by atoms with E-state index in [2.05, 4.69) is 15.6 Å². The standard InChI is InChI=1S/C13H19N3O3/c1-8-6-14-5-4-11(8)7-15-13(19)16-10(3)9(2)12(17)18/h4-6,9-10H,7H2,1-3H3,(H,17,18)(H2,15,16,19). The highest BCUT2D eigenvalue weighted by molar-refractivity contribution is 5.76. The fraction of sp³-hybridized carbons (Fsp3) is 0.462. The zero-order chi connectivity index (χ0) is 14.4. The molecule has 0 fully saturated rings. The van der Waals surface area contributed by atoms with Gasteiger partial charge < -0.3 is 15.7 Å². The second kappa shape index (κ2) is 6.72. The van der Waals surface area contributed by atoms with E-state index in [1.807, 2.05) is 13.0 Å². The predicted octanol–water partition coefficient (Wildman–Crippen LogP) is 1.30. The number of carbonyl (C=O) groups excluding carboxylic acids is 1. The number of hydrogen-bond acceptors (Lipinski definition) is 3. The molecule has 2 atom stereocenters. The fourth-order valence-corrected chi connectivity index (χ4v) is 1.47. The van der Waals surface area contributed by atoms with Gasteiger partial charge in [0, 0.05) is 25.0 Å². The van der Waals surface area contributed by atoms with E-state index in [1.165, 1.54) is 0 Å². The average molecular weight is 265 g/mol. The molecule has 0 bridgehead atoms. The maximum Gasteiger partial charge on any atom is 0.315 e. The monoisotopic (exact) mass is 265 g/mol. The summed E-state index contributed by atoms with van der Waals surface area (Å²) in [6, 6.07) is 1.02. The zero-order valence-electron chi connectivity index (χ0n) is 11.3. The molecule has 2 unspecified atom stereocenters. The Morgan fingerprint density at radius 1 is 1.42 bits per heavy atom. The molecule has 1 aromatic heterocycles. The first-order valence-corrected chi connectivity index (χ1v) is 6.08. The maximum absolute atomic E-state index is 11.6. The van der Waals surface area contributed by atoms with Crippen molar-refractivity contribution in [3.8, 4) is 0 Å². The summed E-state index contributed by atoms with van der Waals surface area (Å²) in [6.07, 6.45) is 3.39. The van der Waals surface area contributed by atoms with Gasteiger partial charge >= 0.3 is 12.0 Å². The van der Waals surface area contributed by atoms with Gasteiger partial charge in [-0.15, -0.1) is 0 Å². The number of nitrogens with one attached hydrogen (secondary N) is 2. The number of rotatable bonds is 5. The van der Waals surface area contributed by atoms with Crippen molar-refractivity contribution in [3.05, 3.63) is 29.6 Å². The molecule has 1 aromatic rings. The number of nitrogens with zero attached hydrogens (tertiary/aromatic N) is 1. The lowest BCUT2D eigenvalue weighted by Gasteiger charge is -2.18. The number of carbonyl (C=O) groups is 2. The van der Waals surface area contributed by atoms with E-state index in [4.69, 9.17) is 5.11 Å². The summed E-state index contributed by atoms with van der Waals surface area (Å²) in [6.45, 7) is 5.52. The Morgan fingerprint density at radius 3 is 2.68 bits per heavy atom. The lowest BCUT2D eigenvalue weighted by atomic mass is 10.0. The van der Waals surface area contributed by atoms with Gasteiger partial charge in [0.25, 0.3) is 0 Å². The molecule has 0 spiro atoms. The number of hydrogen-bond donors (Lipinski definition) is 3. The molecule has 2 amide bonds. The number of pyridine rings is 1. The van der Waals surface area contributed by atoms with Crippen molar-refractivity contribution in [2.45, 2.75) is 33.4 Å². The predicted molar refractivity (Wildman–Crippen MR) is 70.6 cm³/mol. The van der Waals surface area contributed by atoms with Crippen molar-refractivity contribution in [2.24, 2.45) is 5.92 Å². The van der Waals surface area contributed by atoms with Crippen molar-refractivity contribution in [1.82, 2.24) is 15.6 Å². The Kier molecular flexibility index (Phi) is 5.29. The molecule has 0 aromatic carbocycles. The number of amides is 2. The highest BCUT2D eigenvalue weighted by Gasteiger charge is 2.20. The van der Waals surface area contributed by atoms with Crippen LogP contribution in [0.1, 0.15) is 25.0 Å². The molecule has 0 radical (unpaired) electrons. The molecule has 6 heteroatoms. The van der Waals surface area contributed by atoms with Gasteiger partial charge in [-0.3, -0.25) is 9.78 Å². The molecule has 0 aliphatic heterocycles. The van der Waals surface area contributed by atoms with Crippen LogP contribution in [0.2, 0.25) is 0 Å². The minimum absolute atomic E-state index is 0.378. The largest absolute Gasteiger partial charge is 0.481 e. The van der Waals surface area contributed by atoms with Crippen LogP contribution in [-0.4, -0.2) is 28.1 Å². The van der Waals surface area contributed by atoms with Crippen molar-refractivity contribution in [1.29, 1.82) is 0 Å². The van der Waals surface area contributed by atoms with Crippen LogP contribution in [0.15, 0.2) is 18.5 Å². The third-order valence-electron chi connectivity index (χ3n) is 3.07. The minimum Gasteiger partial charge on any atom is -0.481 e. The summed E-state index contributed by atoms with van der Waals surface area (Å²) >= 11 is 0. The van der Waals surface area contributed by atoms with Crippen LogP contribution in [0.3, 0.4) is 0 Å². The van der Waals surface area contributed by atoms with Crippen LogP contribution in [0, 0.1) is 12.8 Å². The van der Waals surface area contributed by atoms with Gasteiger partial charge in [0.1, 0.15) is 0 Å². The third-order valence-corrected chi connectivity index (χ3v) is 3.07. The topological polar surface area (TPSA) is 91.3 Å². The van der Waals surface area contributed by atoms with Crippen LogP contribution in [-0.2, 0) is 11.3 Å².